The molecule has 0 aromatic heterocycles. The van der Waals surface area contributed by atoms with Gasteiger partial charge in [-0.05, 0) is 12.1 Å². The van der Waals surface area contributed by atoms with Crippen LogP contribution in [0, 0.1) is 0 Å². The molecule has 5 nitrogen and oxygen atoms in total. The van der Waals surface area contributed by atoms with Crippen molar-refractivity contribution in [2.75, 3.05) is 50.0 Å². The van der Waals surface area contributed by atoms with Crippen LogP contribution in [0.25, 0.3) is 0 Å². The zero-order valence-corrected chi connectivity index (χ0v) is 13.3. The molecule has 0 saturated carbocycles. The van der Waals surface area contributed by atoms with Crippen molar-refractivity contribution < 1.29 is 8.42 Å². The van der Waals surface area contributed by atoms with Gasteiger partial charge in [0.25, 0.3) is 0 Å². The molecule has 0 atom stereocenters. The van der Waals surface area contributed by atoms with Gasteiger partial charge in [0.05, 0.1) is 5.69 Å². The molecule has 2 N–H and O–H groups in total. The van der Waals surface area contributed by atoms with Gasteiger partial charge in [-0.1, -0.05) is 12.1 Å². The third kappa shape index (κ3) is 4.12. The van der Waals surface area contributed by atoms with Crippen molar-refractivity contribution in [1.82, 2.24) is 9.62 Å². The Hall–Kier alpha value is -0.760. The first-order valence-electron chi connectivity index (χ1n) is 6.70. The number of benzene rings is 1. The maximum Gasteiger partial charge on any atom is 0.242 e. The lowest BCUT2D eigenvalue weighted by molar-refractivity contribution is 0.307. The highest BCUT2D eigenvalue weighted by Gasteiger charge is 2.18. The van der Waals surface area contributed by atoms with Crippen LogP contribution in [0.2, 0.25) is 0 Å². The first-order chi connectivity index (χ1) is 9.63. The number of para-hydroxylation sites is 1. The zero-order chi connectivity index (χ0) is 14.4. The van der Waals surface area contributed by atoms with Gasteiger partial charge in [0.1, 0.15) is 4.90 Å². The van der Waals surface area contributed by atoms with E-state index in [9.17, 15) is 8.42 Å². The number of nitrogens with zero attached hydrogens (tertiary/aromatic N) is 1. The van der Waals surface area contributed by atoms with E-state index in [-0.39, 0.29) is 0 Å². The lowest BCUT2D eigenvalue weighted by Crippen LogP contribution is -2.39. The molecule has 0 radical (unpaired) electrons. The van der Waals surface area contributed by atoms with Gasteiger partial charge in [-0.25, -0.2) is 13.1 Å². The molecular formula is C13H21N3O2S2. The Morgan fingerprint density at radius 1 is 1.25 bits per heavy atom. The number of rotatable bonds is 6. The van der Waals surface area contributed by atoms with Crippen LogP contribution in [-0.2, 0) is 10.0 Å². The second kappa shape index (κ2) is 7.31. The molecule has 0 aliphatic carbocycles. The van der Waals surface area contributed by atoms with Gasteiger partial charge >= 0.3 is 0 Å². The van der Waals surface area contributed by atoms with Crippen molar-refractivity contribution in [3.8, 4) is 0 Å². The fourth-order valence-corrected chi connectivity index (χ4v) is 4.36. The van der Waals surface area contributed by atoms with Gasteiger partial charge in [0, 0.05) is 44.7 Å². The molecule has 0 unspecified atom stereocenters. The summed E-state index contributed by atoms with van der Waals surface area (Å²) in [5, 5.41) is 2.91. The van der Waals surface area contributed by atoms with E-state index in [1.54, 1.807) is 25.2 Å². The quantitative estimate of drug-likeness (QED) is 0.822. The summed E-state index contributed by atoms with van der Waals surface area (Å²) in [6.45, 7) is 3.30. The molecule has 1 aliphatic rings. The molecule has 7 heteroatoms. The monoisotopic (exact) mass is 315 g/mol. The van der Waals surface area contributed by atoms with E-state index in [1.807, 2.05) is 17.8 Å². The van der Waals surface area contributed by atoms with Crippen LogP contribution < -0.4 is 10.0 Å². The summed E-state index contributed by atoms with van der Waals surface area (Å²) in [6, 6.07) is 6.93. The third-order valence-electron chi connectivity index (χ3n) is 3.27. The van der Waals surface area contributed by atoms with Crippen LogP contribution in [0.15, 0.2) is 29.2 Å². The molecule has 1 heterocycles. The maximum absolute atomic E-state index is 12.3. The second-order valence-corrected chi connectivity index (χ2v) is 7.56. The number of anilines is 1. The van der Waals surface area contributed by atoms with E-state index in [0.29, 0.717) is 17.1 Å². The summed E-state index contributed by atoms with van der Waals surface area (Å²) in [5.41, 5.74) is 0.620. The minimum atomic E-state index is -3.45. The summed E-state index contributed by atoms with van der Waals surface area (Å²) in [6.07, 6.45) is 0. The highest BCUT2D eigenvalue weighted by Crippen LogP contribution is 2.19. The summed E-state index contributed by atoms with van der Waals surface area (Å²) in [7, 11) is -1.73. The maximum atomic E-state index is 12.3. The number of nitrogens with one attached hydrogen (secondary N) is 2. The number of thioether (sulfide) groups is 1. The molecule has 1 aromatic rings. The van der Waals surface area contributed by atoms with Crippen LogP contribution in [0.4, 0.5) is 5.69 Å². The molecule has 20 heavy (non-hydrogen) atoms. The molecule has 0 spiro atoms. The average molecular weight is 315 g/mol. The van der Waals surface area contributed by atoms with Gasteiger partial charge in [0.15, 0.2) is 0 Å². The van der Waals surface area contributed by atoms with Gasteiger partial charge in [0.2, 0.25) is 10.0 Å². The van der Waals surface area contributed by atoms with Crippen molar-refractivity contribution >= 4 is 27.5 Å². The normalized spacial score (nSPS) is 17.1. The van der Waals surface area contributed by atoms with Crippen molar-refractivity contribution in [1.29, 1.82) is 0 Å². The van der Waals surface area contributed by atoms with Crippen LogP contribution in [-0.4, -0.2) is 58.1 Å². The molecule has 1 aromatic carbocycles. The Morgan fingerprint density at radius 3 is 2.65 bits per heavy atom. The fourth-order valence-electron chi connectivity index (χ4n) is 2.15. The first kappa shape index (κ1) is 15.6. The second-order valence-electron chi connectivity index (χ2n) is 4.60. The van der Waals surface area contributed by atoms with Crippen LogP contribution in [0.3, 0.4) is 0 Å². The van der Waals surface area contributed by atoms with Gasteiger partial charge < -0.3 is 10.2 Å². The molecule has 1 aliphatic heterocycles. The van der Waals surface area contributed by atoms with Crippen LogP contribution in [0.1, 0.15) is 0 Å². The van der Waals surface area contributed by atoms with Gasteiger partial charge in [-0.3, -0.25) is 0 Å². The Bertz CT molecular complexity index is 528. The molecule has 1 saturated heterocycles. The molecule has 2 rings (SSSR count). The Kier molecular flexibility index (Phi) is 5.71. The Balaban J connectivity index is 1.93. The summed E-state index contributed by atoms with van der Waals surface area (Å²) < 4.78 is 27.2. The minimum Gasteiger partial charge on any atom is -0.387 e. The molecule has 0 amide bonds. The lowest BCUT2D eigenvalue weighted by atomic mass is 10.3. The molecule has 112 valence electrons. The Labute approximate surface area is 125 Å². The standard InChI is InChI=1S/C13H21N3O2S2/c1-14-12-4-2-3-5-13(12)20(17,18)15-6-7-16-8-10-19-11-9-16/h2-5,14-15H,6-11H2,1H3. The van der Waals surface area contributed by atoms with E-state index >= 15 is 0 Å². The summed E-state index contributed by atoms with van der Waals surface area (Å²) in [4.78, 5) is 2.60. The molecule has 0 bridgehead atoms. The lowest BCUT2D eigenvalue weighted by Gasteiger charge is -2.26. The Morgan fingerprint density at radius 2 is 1.95 bits per heavy atom. The topological polar surface area (TPSA) is 61.4 Å². The number of hydrogen-bond acceptors (Lipinski definition) is 5. The largest absolute Gasteiger partial charge is 0.387 e. The predicted molar refractivity (Wildman–Crippen MR) is 84.9 cm³/mol. The van der Waals surface area contributed by atoms with Gasteiger partial charge in [-0.2, -0.15) is 11.8 Å². The van der Waals surface area contributed by atoms with E-state index < -0.39 is 10.0 Å². The number of hydrogen-bond donors (Lipinski definition) is 2. The van der Waals surface area contributed by atoms with Gasteiger partial charge in [-0.15, -0.1) is 0 Å². The average Bonchev–Trinajstić information content (AvgIpc) is 2.48. The molecular weight excluding hydrogens is 294 g/mol. The highest BCUT2D eigenvalue weighted by molar-refractivity contribution is 7.99. The minimum absolute atomic E-state index is 0.302. The SMILES string of the molecule is CNc1ccccc1S(=O)(=O)NCCN1CCSCC1. The van der Waals surface area contributed by atoms with Crippen LogP contribution >= 0.6 is 11.8 Å². The first-order valence-corrected chi connectivity index (χ1v) is 9.34. The van der Waals surface area contributed by atoms with Crippen molar-refractivity contribution in [2.45, 2.75) is 4.90 Å². The predicted octanol–water partition coefficient (Wildman–Crippen LogP) is 1.06. The van der Waals surface area contributed by atoms with Crippen molar-refractivity contribution in [3.63, 3.8) is 0 Å². The highest BCUT2D eigenvalue weighted by atomic mass is 32.2. The van der Waals surface area contributed by atoms with E-state index in [1.165, 1.54) is 0 Å². The number of sulfonamides is 1. The van der Waals surface area contributed by atoms with Crippen LogP contribution in [0.5, 0.6) is 0 Å². The van der Waals surface area contributed by atoms with E-state index in [4.69, 9.17) is 0 Å². The molecule has 1 fully saturated rings. The van der Waals surface area contributed by atoms with E-state index in [0.717, 1.165) is 31.1 Å². The zero-order valence-electron chi connectivity index (χ0n) is 11.6. The summed E-state index contributed by atoms with van der Waals surface area (Å²) >= 11 is 1.95. The third-order valence-corrected chi connectivity index (χ3v) is 5.73. The summed E-state index contributed by atoms with van der Waals surface area (Å²) in [5.74, 6) is 2.27. The van der Waals surface area contributed by atoms with Crippen molar-refractivity contribution in [3.05, 3.63) is 24.3 Å². The fraction of sp³-hybridized carbons (Fsp3) is 0.538. The smallest absolute Gasteiger partial charge is 0.242 e. The van der Waals surface area contributed by atoms with E-state index in [2.05, 4.69) is 14.9 Å². The van der Waals surface area contributed by atoms with Crippen molar-refractivity contribution in [2.24, 2.45) is 0 Å².